The molecule has 0 aliphatic rings. The van der Waals surface area contributed by atoms with Gasteiger partial charge in [-0.2, -0.15) is 0 Å². The molecule has 0 bridgehead atoms. The summed E-state index contributed by atoms with van der Waals surface area (Å²) in [6.07, 6.45) is 0. The monoisotopic (exact) mass is 393 g/mol. The minimum atomic E-state index is -0.168. The Balaban J connectivity index is 1.47. The van der Waals surface area contributed by atoms with E-state index < -0.39 is 0 Å². The second-order valence-corrected chi connectivity index (χ2v) is 8.31. The van der Waals surface area contributed by atoms with E-state index in [0.29, 0.717) is 4.90 Å². The Labute approximate surface area is 158 Å². The van der Waals surface area contributed by atoms with Crippen molar-refractivity contribution < 1.29 is 9.13 Å². The smallest absolute Gasteiger partial charge is 0.210 e. The third-order valence-electron chi connectivity index (χ3n) is 3.13. The summed E-state index contributed by atoms with van der Waals surface area (Å²) in [6.45, 7) is 0. The van der Waals surface area contributed by atoms with Crippen molar-refractivity contribution in [3.63, 3.8) is 0 Å². The molecule has 0 saturated heterocycles. The van der Waals surface area contributed by atoms with Gasteiger partial charge in [0, 0.05) is 28.2 Å². The van der Waals surface area contributed by atoms with Crippen molar-refractivity contribution in [2.45, 2.75) is 9.24 Å². The molecule has 0 aliphatic carbocycles. The topological polar surface area (TPSA) is 47.0 Å². The van der Waals surface area contributed by atoms with Crippen LogP contribution in [0.2, 0.25) is 0 Å². The molecular formula is C17H16FN3OS3. The molecule has 4 nitrogen and oxygen atoms in total. The lowest BCUT2D eigenvalue weighted by Crippen LogP contribution is -1.90. The number of hydrogen-bond acceptors (Lipinski definition) is 7. The highest BCUT2D eigenvalue weighted by Crippen LogP contribution is 2.30. The molecule has 8 heteroatoms. The molecule has 0 unspecified atom stereocenters. The van der Waals surface area contributed by atoms with E-state index in [4.69, 9.17) is 4.74 Å². The number of benzene rings is 2. The standard InChI is InChI=1S/C17H16FN3OS3/c1-22-13-6-4-5-12(11-13)19-16-20-21-17(25-16)24-10-9-23-15-8-3-2-7-14(15)18/h2-8,11H,9-10H2,1H3,(H,19,20). The van der Waals surface area contributed by atoms with Crippen molar-refractivity contribution in [2.24, 2.45) is 0 Å². The van der Waals surface area contributed by atoms with Gasteiger partial charge < -0.3 is 10.1 Å². The SMILES string of the molecule is COc1cccc(Nc2nnc(SCCSc3ccccc3F)s2)c1. The fourth-order valence-corrected chi connectivity index (χ4v) is 4.75. The van der Waals surface area contributed by atoms with Crippen LogP contribution in [0.1, 0.15) is 0 Å². The summed E-state index contributed by atoms with van der Waals surface area (Å²) in [4.78, 5) is 0.681. The minimum absolute atomic E-state index is 0.168. The molecule has 0 radical (unpaired) electrons. The minimum Gasteiger partial charge on any atom is -0.497 e. The second-order valence-electron chi connectivity index (χ2n) is 4.86. The normalized spacial score (nSPS) is 10.6. The van der Waals surface area contributed by atoms with Crippen LogP contribution >= 0.6 is 34.9 Å². The Bertz CT molecular complexity index is 828. The van der Waals surface area contributed by atoms with Crippen LogP contribution in [0.3, 0.4) is 0 Å². The molecule has 0 atom stereocenters. The van der Waals surface area contributed by atoms with Crippen molar-refractivity contribution in [3.05, 3.63) is 54.3 Å². The van der Waals surface area contributed by atoms with Crippen LogP contribution in [0, 0.1) is 5.82 Å². The lowest BCUT2D eigenvalue weighted by atomic mass is 10.3. The van der Waals surface area contributed by atoms with Crippen LogP contribution < -0.4 is 10.1 Å². The van der Waals surface area contributed by atoms with Crippen LogP contribution in [0.4, 0.5) is 15.2 Å². The second kappa shape index (κ2) is 9.07. The average molecular weight is 394 g/mol. The van der Waals surface area contributed by atoms with Crippen LogP contribution in [0.15, 0.2) is 57.8 Å². The molecule has 0 spiro atoms. The molecule has 3 aromatic rings. The van der Waals surface area contributed by atoms with Gasteiger partial charge in [0.05, 0.1) is 7.11 Å². The van der Waals surface area contributed by atoms with Crippen molar-refractivity contribution in [1.29, 1.82) is 0 Å². The van der Waals surface area contributed by atoms with Gasteiger partial charge in [-0.05, 0) is 24.3 Å². The van der Waals surface area contributed by atoms with Gasteiger partial charge in [-0.25, -0.2) is 4.39 Å². The van der Waals surface area contributed by atoms with Crippen LogP contribution in [-0.4, -0.2) is 28.8 Å². The van der Waals surface area contributed by atoms with E-state index in [0.717, 1.165) is 32.4 Å². The lowest BCUT2D eigenvalue weighted by Gasteiger charge is -2.04. The molecular weight excluding hydrogens is 377 g/mol. The van der Waals surface area contributed by atoms with Gasteiger partial charge in [0.25, 0.3) is 0 Å². The highest BCUT2D eigenvalue weighted by molar-refractivity contribution is 8.03. The van der Waals surface area contributed by atoms with Gasteiger partial charge in [0.2, 0.25) is 5.13 Å². The Kier molecular flexibility index (Phi) is 6.55. The van der Waals surface area contributed by atoms with E-state index in [-0.39, 0.29) is 5.82 Å². The summed E-state index contributed by atoms with van der Waals surface area (Å²) in [5.74, 6) is 2.27. The third-order valence-corrected chi connectivity index (χ3v) is 6.41. The van der Waals surface area contributed by atoms with Gasteiger partial charge in [-0.1, -0.05) is 41.3 Å². The van der Waals surface area contributed by atoms with Gasteiger partial charge in [0.1, 0.15) is 11.6 Å². The fraction of sp³-hybridized carbons (Fsp3) is 0.176. The van der Waals surface area contributed by atoms with Crippen molar-refractivity contribution in [3.8, 4) is 5.75 Å². The number of thioether (sulfide) groups is 2. The molecule has 0 fully saturated rings. The summed E-state index contributed by atoms with van der Waals surface area (Å²) in [6, 6.07) is 14.5. The number of aromatic nitrogens is 2. The first kappa shape index (κ1) is 18.0. The van der Waals surface area contributed by atoms with Crippen LogP contribution in [-0.2, 0) is 0 Å². The average Bonchev–Trinajstić information content (AvgIpc) is 3.07. The number of rotatable bonds is 8. The molecule has 0 saturated carbocycles. The molecule has 1 aromatic heterocycles. The molecule has 1 heterocycles. The number of ether oxygens (including phenoxy) is 1. The maximum Gasteiger partial charge on any atom is 0.210 e. The largest absolute Gasteiger partial charge is 0.497 e. The van der Waals surface area contributed by atoms with E-state index >= 15 is 0 Å². The summed E-state index contributed by atoms with van der Waals surface area (Å²) < 4.78 is 19.6. The zero-order valence-electron chi connectivity index (χ0n) is 13.4. The Morgan fingerprint density at radius 1 is 1.08 bits per heavy atom. The first-order valence-electron chi connectivity index (χ1n) is 7.49. The number of nitrogens with zero attached hydrogens (tertiary/aromatic N) is 2. The fourth-order valence-electron chi connectivity index (χ4n) is 1.99. The van der Waals surface area contributed by atoms with Gasteiger partial charge in [0.15, 0.2) is 4.34 Å². The predicted molar refractivity (Wildman–Crippen MR) is 104 cm³/mol. The van der Waals surface area contributed by atoms with E-state index in [1.807, 2.05) is 30.3 Å². The highest BCUT2D eigenvalue weighted by atomic mass is 32.2. The zero-order chi connectivity index (χ0) is 17.5. The van der Waals surface area contributed by atoms with Gasteiger partial charge in [-0.3, -0.25) is 0 Å². The van der Waals surface area contributed by atoms with E-state index in [9.17, 15) is 4.39 Å². The first-order valence-corrected chi connectivity index (χ1v) is 10.3. The number of anilines is 2. The molecule has 25 heavy (non-hydrogen) atoms. The number of methoxy groups -OCH3 is 1. The first-order chi connectivity index (χ1) is 12.2. The maximum absolute atomic E-state index is 13.5. The van der Waals surface area contributed by atoms with Crippen LogP contribution in [0.25, 0.3) is 0 Å². The Hall–Kier alpha value is -1.77. The number of halogens is 1. The maximum atomic E-state index is 13.5. The van der Waals surface area contributed by atoms with Crippen molar-refractivity contribution in [1.82, 2.24) is 10.2 Å². The molecule has 2 aromatic carbocycles. The highest BCUT2D eigenvalue weighted by Gasteiger charge is 2.07. The summed E-state index contributed by atoms with van der Waals surface area (Å²) in [5, 5.41) is 12.3. The molecule has 0 amide bonds. The third kappa shape index (κ3) is 5.35. The van der Waals surface area contributed by atoms with E-state index in [1.54, 1.807) is 31.0 Å². The zero-order valence-corrected chi connectivity index (χ0v) is 15.9. The number of hydrogen-bond donors (Lipinski definition) is 1. The van der Waals surface area contributed by atoms with Gasteiger partial charge in [-0.15, -0.1) is 22.0 Å². The molecule has 1 N–H and O–H groups in total. The quantitative estimate of drug-likeness (QED) is 0.413. The molecule has 130 valence electrons. The molecule has 0 aliphatic heterocycles. The van der Waals surface area contributed by atoms with Gasteiger partial charge >= 0.3 is 0 Å². The van der Waals surface area contributed by atoms with Crippen LogP contribution in [0.5, 0.6) is 5.75 Å². The van der Waals surface area contributed by atoms with E-state index in [2.05, 4.69) is 15.5 Å². The Morgan fingerprint density at radius 3 is 2.76 bits per heavy atom. The molecule has 3 rings (SSSR count). The van der Waals surface area contributed by atoms with Crippen molar-refractivity contribution >= 4 is 45.7 Å². The lowest BCUT2D eigenvalue weighted by molar-refractivity contribution is 0.415. The predicted octanol–water partition coefficient (Wildman–Crippen LogP) is 5.31. The number of nitrogens with one attached hydrogen (secondary N) is 1. The van der Waals surface area contributed by atoms with E-state index in [1.165, 1.54) is 29.2 Å². The Morgan fingerprint density at radius 2 is 1.92 bits per heavy atom. The van der Waals surface area contributed by atoms with Crippen molar-refractivity contribution in [2.75, 3.05) is 23.9 Å². The summed E-state index contributed by atoms with van der Waals surface area (Å²) in [5.41, 5.74) is 0.905. The summed E-state index contributed by atoms with van der Waals surface area (Å²) >= 11 is 4.63. The summed E-state index contributed by atoms with van der Waals surface area (Å²) in [7, 11) is 1.64.